The van der Waals surface area contributed by atoms with Crippen molar-refractivity contribution in [1.29, 1.82) is 0 Å². The Balaban J connectivity index is 2.32. The lowest BCUT2D eigenvalue weighted by Crippen LogP contribution is -2.09. The van der Waals surface area contributed by atoms with E-state index >= 15 is 0 Å². The molecule has 0 bridgehead atoms. The number of hydrogen-bond donors (Lipinski definition) is 1. The fourth-order valence-electron chi connectivity index (χ4n) is 1.84. The number of hydrogen-bond acceptors (Lipinski definition) is 3. The van der Waals surface area contributed by atoms with Crippen molar-refractivity contribution in [2.24, 2.45) is 0 Å². The van der Waals surface area contributed by atoms with E-state index < -0.39 is 0 Å². The first-order valence-corrected chi connectivity index (χ1v) is 6.59. The van der Waals surface area contributed by atoms with Gasteiger partial charge in [0.05, 0.1) is 10.2 Å². The SMILES string of the molecule is CCCC(=O)Nc1nc2cc(C)cc(C)c2s1. The zero-order valence-electron chi connectivity index (χ0n) is 10.3. The highest BCUT2D eigenvalue weighted by Crippen LogP contribution is 2.29. The first-order chi connectivity index (χ1) is 8.10. The molecule has 1 heterocycles. The molecule has 0 spiro atoms. The molecule has 0 fully saturated rings. The van der Waals surface area contributed by atoms with Crippen molar-refractivity contribution >= 4 is 32.6 Å². The molecule has 1 aromatic heterocycles. The van der Waals surface area contributed by atoms with Gasteiger partial charge in [0, 0.05) is 6.42 Å². The van der Waals surface area contributed by atoms with Gasteiger partial charge >= 0.3 is 0 Å². The highest BCUT2D eigenvalue weighted by Gasteiger charge is 2.09. The molecule has 0 atom stereocenters. The summed E-state index contributed by atoms with van der Waals surface area (Å²) < 4.78 is 1.15. The third-order valence-electron chi connectivity index (χ3n) is 2.54. The largest absolute Gasteiger partial charge is 0.302 e. The Bertz CT molecular complexity index is 560. The zero-order valence-corrected chi connectivity index (χ0v) is 11.1. The van der Waals surface area contributed by atoms with Gasteiger partial charge in [-0.1, -0.05) is 24.3 Å². The molecule has 1 aromatic carbocycles. The maximum atomic E-state index is 11.5. The van der Waals surface area contributed by atoms with Crippen molar-refractivity contribution in [1.82, 2.24) is 4.98 Å². The maximum Gasteiger partial charge on any atom is 0.226 e. The summed E-state index contributed by atoms with van der Waals surface area (Å²) in [5.74, 6) is 0.0425. The van der Waals surface area contributed by atoms with Crippen LogP contribution in [0.25, 0.3) is 10.2 Å². The summed E-state index contributed by atoms with van der Waals surface area (Å²) in [6, 6.07) is 4.19. The van der Waals surface area contributed by atoms with Gasteiger partial charge < -0.3 is 5.32 Å². The zero-order chi connectivity index (χ0) is 12.4. The van der Waals surface area contributed by atoms with E-state index in [-0.39, 0.29) is 5.91 Å². The standard InChI is InChI=1S/C13H16N2OS/c1-4-5-11(16)15-13-14-10-7-8(2)6-9(3)12(10)17-13/h6-7H,4-5H2,1-3H3,(H,14,15,16). The quantitative estimate of drug-likeness (QED) is 0.900. The van der Waals surface area contributed by atoms with E-state index in [0.717, 1.165) is 16.6 Å². The monoisotopic (exact) mass is 248 g/mol. The second-order valence-corrected chi connectivity index (χ2v) is 5.25. The summed E-state index contributed by atoms with van der Waals surface area (Å²) in [6.07, 6.45) is 1.41. The minimum atomic E-state index is 0.0425. The van der Waals surface area contributed by atoms with Crippen molar-refractivity contribution in [2.45, 2.75) is 33.6 Å². The molecular formula is C13H16N2OS. The van der Waals surface area contributed by atoms with Crippen LogP contribution in [0.1, 0.15) is 30.9 Å². The second-order valence-electron chi connectivity index (χ2n) is 4.25. The summed E-state index contributed by atoms with van der Waals surface area (Å²) in [4.78, 5) is 15.9. The number of aryl methyl sites for hydroxylation is 2. The van der Waals surface area contributed by atoms with Gasteiger partial charge in [-0.15, -0.1) is 0 Å². The molecule has 1 amide bonds. The first kappa shape index (κ1) is 12.0. The Morgan fingerprint density at radius 1 is 1.41 bits per heavy atom. The highest BCUT2D eigenvalue weighted by atomic mass is 32.1. The Morgan fingerprint density at radius 2 is 2.18 bits per heavy atom. The van der Waals surface area contributed by atoms with Crippen molar-refractivity contribution < 1.29 is 4.79 Å². The smallest absolute Gasteiger partial charge is 0.226 e. The topological polar surface area (TPSA) is 42.0 Å². The number of thiazole rings is 1. The average molecular weight is 248 g/mol. The Kier molecular flexibility index (Phi) is 3.43. The van der Waals surface area contributed by atoms with Crippen LogP contribution in [-0.4, -0.2) is 10.9 Å². The fourth-order valence-corrected chi connectivity index (χ4v) is 2.77. The predicted molar refractivity (Wildman–Crippen MR) is 72.6 cm³/mol. The molecule has 1 N–H and O–H groups in total. The lowest BCUT2D eigenvalue weighted by Gasteiger charge is -1.97. The highest BCUT2D eigenvalue weighted by molar-refractivity contribution is 7.22. The Labute approximate surface area is 105 Å². The predicted octanol–water partition coefficient (Wildman–Crippen LogP) is 3.65. The van der Waals surface area contributed by atoms with Crippen LogP contribution in [0.3, 0.4) is 0 Å². The van der Waals surface area contributed by atoms with Crippen LogP contribution in [0.2, 0.25) is 0 Å². The van der Waals surface area contributed by atoms with Gasteiger partial charge in [0.15, 0.2) is 5.13 Å². The average Bonchev–Trinajstić information content (AvgIpc) is 2.60. The molecule has 0 saturated carbocycles. The lowest BCUT2D eigenvalue weighted by atomic mass is 10.1. The molecule has 0 aliphatic rings. The van der Waals surface area contributed by atoms with Gasteiger partial charge in [-0.2, -0.15) is 0 Å². The van der Waals surface area contributed by atoms with Gasteiger partial charge in [-0.3, -0.25) is 4.79 Å². The van der Waals surface area contributed by atoms with Crippen LogP contribution in [0.5, 0.6) is 0 Å². The van der Waals surface area contributed by atoms with Crippen LogP contribution in [0, 0.1) is 13.8 Å². The van der Waals surface area contributed by atoms with Gasteiger partial charge in [-0.25, -0.2) is 4.98 Å². The van der Waals surface area contributed by atoms with Crippen LogP contribution >= 0.6 is 11.3 Å². The van der Waals surface area contributed by atoms with Crippen LogP contribution in [0.4, 0.5) is 5.13 Å². The molecule has 0 radical (unpaired) electrons. The van der Waals surface area contributed by atoms with Gasteiger partial charge in [0.1, 0.15) is 0 Å². The number of anilines is 1. The third kappa shape index (κ3) is 2.64. The van der Waals surface area contributed by atoms with Gasteiger partial charge in [0.2, 0.25) is 5.91 Å². The molecule has 2 aromatic rings. The number of benzene rings is 1. The normalized spacial score (nSPS) is 10.8. The Morgan fingerprint density at radius 3 is 2.88 bits per heavy atom. The summed E-state index contributed by atoms with van der Waals surface area (Å²) in [5.41, 5.74) is 3.39. The molecule has 4 heteroatoms. The number of amides is 1. The van der Waals surface area contributed by atoms with Crippen molar-refractivity contribution in [3.63, 3.8) is 0 Å². The van der Waals surface area contributed by atoms with E-state index in [1.165, 1.54) is 11.1 Å². The first-order valence-electron chi connectivity index (χ1n) is 5.77. The fraction of sp³-hybridized carbons (Fsp3) is 0.385. The number of nitrogens with one attached hydrogen (secondary N) is 1. The van der Waals surface area contributed by atoms with E-state index in [1.807, 2.05) is 13.0 Å². The molecule has 0 saturated heterocycles. The number of carbonyl (C=O) groups is 1. The number of aromatic nitrogens is 1. The lowest BCUT2D eigenvalue weighted by molar-refractivity contribution is -0.116. The summed E-state index contributed by atoms with van der Waals surface area (Å²) in [7, 11) is 0. The molecule has 2 rings (SSSR count). The number of rotatable bonds is 3. The van der Waals surface area contributed by atoms with E-state index in [2.05, 4.69) is 30.2 Å². The van der Waals surface area contributed by atoms with Crippen LogP contribution in [-0.2, 0) is 4.79 Å². The second kappa shape index (κ2) is 4.84. The van der Waals surface area contributed by atoms with Crippen LogP contribution < -0.4 is 5.32 Å². The number of nitrogens with zero attached hydrogens (tertiary/aromatic N) is 1. The molecule has 0 aliphatic heterocycles. The van der Waals surface area contributed by atoms with E-state index in [0.29, 0.717) is 11.6 Å². The van der Waals surface area contributed by atoms with Crippen molar-refractivity contribution in [2.75, 3.05) is 5.32 Å². The summed E-state index contributed by atoms with van der Waals surface area (Å²) in [6.45, 7) is 6.12. The van der Waals surface area contributed by atoms with Crippen molar-refractivity contribution in [3.8, 4) is 0 Å². The summed E-state index contributed by atoms with van der Waals surface area (Å²) >= 11 is 1.54. The molecule has 90 valence electrons. The van der Waals surface area contributed by atoms with Gasteiger partial charge in [0.25, 0.3) is 0 Å². The molecular weight excluding hydrogens is 232 g/mol. The minimum Gasteiger partial charge on any atom is -0.302 e. The van der Waals surface area contributed by atoms with Crippen LogP contribution in [0.15, 0.2) is 12.1 Å². The molecule has 17 heavy (non-hydrogen) atoms. The Hall–Kier alpha value is -1.42. The third-order valence-corrected chi connectivity index (χ3v) is 3.67. The maximum absolute atomic E-state index is 11.5. The number of carbonyl (C=O) groups excluding carboxylic acids is 1. The summed E-state index contributed by atoms with van der Waals surface area (Å²) in [5, 5.41) is 3.55. The van der Waals surface area contributed by atoms with E-state index in [4.69, 9.17) is 0 Å². The number of fused-ring (bicyclic) bond motifs is 1. The minimum absolute atomic E-state index is 0.0425. The van der Waals surface area contributed by atoms with E-state index in [9.17, 15) is 4.79 Å². The van der Waals surface area contributed by atoms with E-state index in [1.54, 1.807) is 11.3 Å². The van der Waals surface area contributed by atoms with Gasteiger partial charge in [-0.05, 0) is 37.5 Å². The molecule has 0 aliphatic carbocycles. The molecule has 0 unspecified atom stereocenters. The van der Waals surface area contributed by atoms with Crippen molar-refractivity contribution in [3.05, 3.63) is 23.3 Å². The molecule has 3 nitrogen and oxygen atoms in total.